The van der Waals surface area contributed by atoms with Crippen molar-refractivity contribution in [1.82, 2.24) is 0 Å². The van der Waals surface area contributed by atoms with Gasteiger partial charge in [-0.05, 0) is 42.5 Å². The standard InChI is InChI=1S/C15H13ClFNO3S/c1-2-22(20,21)12-7-8-14(16)13(9-12)15(19)18-11-5-3-10(17)4-6-11/h3-9H,2H2,1H3,(H,18,19). The van der Waals surface area contributed by atoms with Crippen LogP contribution >= 0.6 is 11.6 Å². The van der Waals surface area contributed by atoms with Gasteiger partial charge in [-0.15, -0.1) is 0 Å². The highest BCUT2D eigenvalue weighted by molar-refractivity contribution is 7.91. The second-order valence-electron chi connectivity index (χ2n) is 4.51. The molecule has 0 fully saturated rings. The number of hydrogen-bond donors (Lipinski definition) is 1. The second-order valence-corrected chi connectivity index (χ2v) is 7.19. The number of sulfone groups is 1. The number of halogens is 2. The van der Waals surface area contributed by atoms with Crippen molar-refractivity contribution >= 4 is 33.0 Å². The van der Waals surface area contributed by atoms with E-state index >= 15 is 0 Å². The van der Waals surface area contributed by atoms with Crippen molar-refractivity contribution < 1.29 is 17.6 Å². The average Bonchev–Trinajstić information content (AvgIpc) is 2.49. The Labute approximate surface area is 132 Å². The van der Waals surface area contributed by atoms with Crippen LogP contribution in [0.3, 0.4) is 0 Å². The lowest BCUT2D eigenvalue weighted by Gasteiger charge is -2.09. The van der Waals surface area contributed by atoms with E-state index in [0.29, 0.717) is 5.69 Å². The van der Waals surface area contributed by atoms with E-state index in [1.165, 1.54) is 49.4 Å². The van der Waals surface area contributed by atoms with Crippen molar-refractivity contribution in [2.45, 2.75) is 11.8 Å². The molecule has 0 spiro atoms. The highest BCUT2D eigenvalue weighted by Crippen LogP contribution is 2.22. The van der Waals surface area contributed by atoms with Crippen LogP contribution in [0.15, 0.2) is 47.4 Å². The molecule has 22 heavy (non-hydrogen) atoms. The molecular formula is C15H13ClFNO3S. The lowest BCUT2D eigenvalue weighted by molar-refractivity contribution is 0.102. The largest absolute Gasteiger partial charge is 0.322 e. The lowest BCUT2D eigenvalue weighted by Crippen LogP contribution is -2.14. The van der Waals surface area contributed by atoms with E-state index in [9.17, 15) is 17.6 Å². The molecule has 116 valence electrons. The predicted molar refractivity (Wildman–Crippen MR) is 83.5 cm³/mol. The predicted octanol–water partition coefficient (Wildman–Crippen LogP) is 3.53. The maximum Gasteiger partial charge on any atom is 0.257 e. The van der Waals surface area contributed by atoms with Crippen molar-refractivity contribution in [2.75, 3.05) is 11.1 Å². The fraction of sp³-hybridized carbons (Fsp3) is 0.133. The minimum Gasteiger partial charge on any atom is -0.322 e. The first kappa shape index (κ1) is 16.5. The Kier molecular flexibility index (Phi) is 4.83. The van der Waals surface area contributed by atoms with Gasteiger partial charge in [0.05, 0.1) is 21.2 Å². The fourth-order valence-electron chi connectivity index (χ4n) is 1.77. The molecule has 7 heteroatoms. The van der Waals surface area contributed by atoms with Crippen LogP contribution in [0.2, 0.25) is 5.02 Å². The first-order valence-corrected chi connectivity index (χ1v) is 8.45. The summed E-state index contributed by atoms with van der Waals surface area (Å²) < 4.78 is 36.6. The fourth-order valence-corrected chi connectivity index (χ4v) is 2.88. The third-order valence-corrected chi connectivity index (χ3v) is 5.09. The summed E-state index contributed by atoms with van der Waals surface area (Å²) in [6.07, 6.45) is 0. The third kappa shape index (κ3) is 3.64. The average molecular weight is 342 g/mol. The van der Waals surface area contributed by atoms with Crippen molar-refractivity contribution in [1.29, 1.82) is 0 Å². The molecular weight excluding hydrogens is 329 g/mol. The van der Waals surface area contributed by atoms with Crippen molar-refractivity contribution in [3.8, 4) is 0 Å². The zero-order chi connectivity index (χ0) is 16.3. The molecule has 0 aliphatic heterocycles. The second kappa shape index (κ2) is 6.46. The monoisotopic (exact) mass is 341 g/mol. The first-order valence-electron chi connectivity index (χ1n) is 6.42. The number of anilines is 1. The van der Waals surface area contributed by atoms with Crippen LogP contribution in [0.25, 0.3) is 0 Å². The number of carbonyl (C=O) groups is 1. The molecule has 0 aromatic heterocycles. The van der Waals surface area contributed by atoms with Crippen LogP contribution in [0.4, 0.5) is 10.1 Å². The SMILES string of the molecule is CCS(=O)(=O)c1ccc(Cl)c(C(=O)Nc2ccc(F)cc2)c1. The Morgan fingerprint density at radius 2 is 1.82 bits per heavy atom. The summed E-state index contributed by atoms with van der Waals surface area (Å²) in [7, 11) is -3.44. The minimum atomic E-state index is -3.44. The van der Waals surface area contributed by atoms with E-state index in [0.717, 1.165) is 0 Å². The summed E-state index contributed by atoms with van der Waals surface area (Å²) in [6.45, 7) is 1.52. The quantitative estimate of drug-likeness (QED) is 0.925. The van der Waals surface area contributed by atoms with Gasteiger partial charge in [0.25, 0.3) is 5.91 Å². The first-order chi connectivity index (χ1) is 10.3. The molecule has 0 bridgehead atoms. The van der Waals surface area contributed by atoms with Gasteiger partial charge in [-0.2, -0.15) is 0 Å². The summed E-state index contributed by atoms with van der Waals surface area (Å²) >= 11 is 5.96. The summed E-state index contributed by atoms with van der Waals surface area (Å²) in [5, 5.41) is 2.67. The molecule has 0 atom stereocenters. The molecule has 1 N–H and O–H groups in total. The number of rotatable bonds is 4. The Hall–Kier alpha value is -1.92. The Bertz CT molecular complexity index is 804. The topological polar surface area (TPSA) is 63.2 Å². The summed E-state index contributed by atoms with van der Waals surface area (Å²) in [5.74, 6) is -1.06. The lowest BCUT2D eigenvalue weighted by atomic mass is 10.2. The van der Waals surface area contributed by atoms with Crippen LogP contribution in [-0.2, 0) is 9.84 Å². The van der Waals surface area contributed by atoms with Crippen LogP contribution in [0.1, 0.15) is 17.3 Å². The van der Waals surface area contributed by atoms with E-state index in [1.807, 2.05) is 0 Å². The molecule has 2 aromatic rings. The molecule has 0 aliphatic carbocycles. The molecule has 0 aliphatic rings. The maximum absolute atomic E-state index is 12.8. The van der Waals surface area contributed by atoms with Gasteiger partial charge in [-0.3, -0.25) is 4.79 Å². The molecule has 0 radical (unpaired) electrons. The summed E-state index contributed by atoms with van der Waals surface area (Å²) in [4.78, 5) is 12.2. The molecule has 4 nitrogen and oxygen atoms in total. The van der Waals surface area contributed by atoms with Crippen molar-refractivity contribution in [3.63, 3.8) is 0 Å². The van der Waals surface area contributed by atoms with E-state index in [-0.39, 0.29) is 21.2 Å². The highest BCUT2D eigenvalue weighted by atomic mass is 35.5. The minimum absolute atomic E-state index is 0.0312. The summed E-state index contributed by atoms with van der Waals surface area (Å²) in [6, 6.07) is 9.16. The van der Waals surface area contributed by atoms with Gasteiger partial charge in [0.2, 0.25) is 0 Å². The highest BCUT2D eigenvalue weighted by Gasteiger charge is 2.17. The van der Waals surface area contributed by atoms with Gasteiger partial charge in [-0.1, -0.05) is 18.5 Å². The Morgan fingerprint density at radius 3 is 2.41 bits per heavy atom. The Morgan fingerprint density at radius 1 is 1.18 bits per heavy atom. The zero-order valence-corrected chi connectivity index (χ0v) is 13.2. The molecule has 2 aromatic carbocycles. The van der Waals surface area contributed by atoms with Crippen LogP contribution < -0.4 is 5.32 Å². The molecule has 0 heterocycles. The van der Waals surface area contributed by atoms with Gasteiger partial charge in [0, 0.05) is 5.69 Å². The number of hydrogen-bond acceptors (Lipinski definition) is 3. The maximum atomic E-state index is 12.8. The van der Waals surface area contributed by atoms with Gasteiger partial charge < -0.3 is 5.32 Å². The number of amides is 1. The number of benzene rings is 2. The normalized spacial score (nSPS) is 11.2. The molecule has 0 saturated carbocycles. The molecule has 0 saturated heterocycles. The summed E-state index contributed by atoms with van der Waals surface area (Å²) in [5.41, 5.74) is 0.423. The van der Waals surface area contributed by atoms with Crippen molar-refractivity contribution in [3.05, 3.63) is 58.9 Å². The third-order valence-electron chi connectivity index (χ3n) is 3.02. The van der Waals surface area contributed by atoms with E-state index < -0.39 is 21.6 Å². The van der Waals surface area contributed by atoms with E-state index in [2.05, 4.69) is 5.32 Å². The molecule has 1 amide bonds. The van der Waals surface area contributed by atoms with Gasteiger partial charge in [0.15, 0.2) is 9.84 Å². The number of carbonyl (C=O) groups excluding carboxylic acids is 1. The van der Waals surface area contributed by atoms with Crippen LogP contribution in [0, 0.1) is 5.82 Å². The van der Waals surface area contributed by atoms with Gasteiger partial charge in [0.1, 0.15) is 5.82 Å². The smallest absolute Gasteiger partial charge is 0.257 e. The van der Waals surface area contributed by atoms with Crippen molar-refractivity contribution in [2.24, 2.45) is 0 Å². The van der Waals surface area contributed by atoms with E-state index in [1.54, 1.807) is 0 Å². The van der Waals surface area contributed by atoms with Gasteiger partial charge >= 0.3 is 0 Å². The molecule has 2 rings (SSSR count). The van der Waals surface area contributed by atoms with Crippen LogP contribution in [0.5, 0.6) is 0 Å². The van der Waals surface area contributed by atoms with Gasteiger partial charge in [-0.25, -0.2) is 12.8 Å². The van der Waals surface area contributed by atoms with E-state index in [4.69, 9.17) is 11.6 Å². The molecule has 0 unspecified atom stereocenters. The Balaban J connectivity index is 2.33. The zero-order valence-electron chi connectivity index (χ0n) is 11.6. The van der Waals surface area contributed by atoms with Crippen LogP contribution in [-0.4, -0.2) is 20.1 Å². The number of nitrogens with one attached hydrogen (secondary N) is 1.